The van der Waals surface area contributed by atoms with Crippen LogP contribution < -0.4 is 0 Å². The van der Waals surface area contributed by atoms with Gasteiger partial charge in [-0.15, -0.1) is 0 Å². The molecule has 0 aliphatic carbocycles. The summed E-state index contributed by atoms with van der Waals surface area (Å²) in [5.41, 5.74) is 0. The number of halogens is 1. The molecule has 6 heavy (non-hydrogen) atoms. The third kappa shape index (κ3) is 8.82. The predicted molar refractivity (Wildman–Crippen MR) is 17.6 cm³/mol. The molecule has 0 unspecified atom stereocenters. The maximum absolute atomic E-state index is 9.46. The number of hydrogen-bond acceptors (Lipinski definition) is 2. The van der Waals surface area contributed by atoms with E-state index in [4.69, 9.17) is 0 Å². The summed E-state index contributed by atoms with van der Waals surface area (Å²) < 4.78 is 3.58. The van der Waals surface area contributed by atoms with Crippen LogP contribution in [0.1, 0.15) is 6.92 Å². The van der Waals surface area contributed by atoms with E-state index in [1.807, 2.05) is 0 Å². The summed E-state index contributed by atoms with van der Waals surface area (Å²) in [5, 5.41) is 0. The topological polar surface area (TPSA) is 26.3 Å². The smallest absolute Gasteiger partial charge is 0.321 e. The molecule has 0 rings (SSSR count). The van der Waals surface area contributed by atoms with Gasteiger partial charge in [-0.3, -0.25) is 4.79 Å². The molecule has 0 saturated heterocycles. The van der Waals surface area contributed by atoms with Gasteiger partial charge in [-0.1, -0.05) is 0 Å². The Labute approximate surface area is 60.1 Å². The zero-order valence-corrected chi connectivity index (χ0v) is 6.41. The summed E-state index contributed by atoms with van der Waals surface area (Å²) in [4.78, 5) is 9.46. The maximum atomic E-state index is 9.46. The molecule has 0 atom stereocenters. The van der Waals surface area contributed by atoms with E-state index in [2.05, 4.69) is 16.2 Å². The number of carbonyl (C=O) groups excluding carboxylic acids is 1. The van der Waals surface area contributed by atoms with Crippen LogP contribution in [0.25, 0.3) is 0 Å². The molecule has 0 aromatic carbocycles. The van der Waals surface area contributed by atoms with E-state index >= 15 is 0 Å². The minimum absolute atomic E-state index is 0. The van der Waals surface area contributed by atoms with Gasteiger partial charge < -0.3 is 4.29 Å². The van der Waals surface area contributed by atoms with Gasteiger partial charge in [-0.2, -0.15) is 0 Å². The van der Waals surface area contributed by atoms with Crippen molar-refractivity contribution in [2.24, 2.45) is 0 Å². The van der Waals surface area contributed by atoms with Crippen LogP contribution in [0, 0.1) is 0 Å². The number of carbonyl (C=O) groups is 1. The van der Waals surface area contributed by atoms with Crippen molar-refractivity contribution in [3.8, 4) is 0 Å². The first-order chi connectivity index (χ1) is 2.27. The first-order valence-corrected chi connectivity index (χ1v) is 1.37. The number of hydrogen-bond donors (Lipinski definition) is 0. The van der Waals surface area contributed by atoms with E-state index < -0.39 is 5.97 Å². The van der Waals surface area contributed by atoms with Crippen LogP contribution >= 0.6 is 11.9 Å². The summed E-state index contributed by atoms with van der Waals surface area (Å²) in [6, 6.07) is 0. The Morgan fingerprint density at radius 1 is 1.83 bits per heavy atom. The third-order valence-electron chi connectivity index (χ3n) is 0.109. The molecule has 0 bridgehead atoms. The first-order valence-electron chi connectivity index (χ1n) is 1.06. The van der Waals surface area contributed by atoms with Crippen LogP contribution in [0.2, 0.25) is 0 Å². The van der Waals surface area contributed by atoms with Crippen molar-refractivity contribution in [3.05, 3.63) is 0 Å². The van der Waals surface area contributed by atoms with Crippen molar-refractivity contribution >= 4 is 17.8 Å². The second-order valence-electron chi connectivity index (χ2n) is 0.569. The second kappa shape index (κ2) is 5.64. The predicted octanol–water partition coefficient (Wildman–Crippen LogP) is 0.701. The maximum Gasteiger partial charge on any atom is 0.321 e. The van der Waals surface area contributed by atoms with Crippen LogP contribution in [-0.2, 0) is 35.3 Å². The van der Waals surface area contributed by atoms with E-state index in [1.165, 1.54) is 6.92 Å². The van der Waals surface area contributed by atoms with Crippen molar-refractivity contribution < 1.29 is 35.3 Å². The summed E-state index contributed by atoms with van der Waals surface area (Å²) in [6.07, 6.45) is 0. The summed E-state index contributed by atoms with van der Waals surface area (Å²) in [6.45, 7) is 1.23. The normalized spacial score (nSPS) is 5.67. The largest absolute Gasteiger partial charge is 0.348 e. The summed E-state index contributed by atoms with van der Waals surface area (Å²) in [5.74, 6) is -0.480. The Balaban J connectivity index is 0. The van der Waals surface area contributed by atoms with Gasteiger partial charge in [0.25, 0.3) is 0 Å². The van der Waals surface area contributed by atoms with Crippen molar-refractivity contribution in [2.75, 3.05) is 0 Å². The Bertz CT molecular complexity index is 46.8. The molecule has 0 aromatic rings. The Morgan fingerprint density at radius 3 is 2.00 bits per heavy atom. The Hall–Kier alpha value is 0.643. The van der Waals surface area contributed by atoms with E-state index in [0.717, 1.165) is 0 Å². The van der Waals surface area contributed by atoms with Gasteiger partial charge >= 0.3 is 5.97 Å². The van der Waals surface area contributed by atoms with Gasteiger partial charge in [-0.05, 0) is 0 Å². The fourth-order valence-electron chi connectivity index (χ4n) is 0. The fraction of sp³-hybridized carbons (Fsp3) is 0.500. The monoisotopic (exact) mass is 184 g/mol. The minimum Gasteiger partial charge on any atom is -0.348 e. The molecule has 0 N–H and O–H groups in total. The van der Waals surface area contributed by atoms with Gasteiger partial charge in [0.05, 0.1) is 0 Å². The summed E-state index contributed by atoms with van der Waals surface area (Å²) in [7, 11) is 0. The van der Waals surface area contributed by atoms with E-state index in [0.29, 0.717) is 0 Å². The standard InChI is InChI=1S/C2H3ClO2.Zr/c1-2(4)5-3;/h1H3;. The second-order valence-corrected chi connectivity index (χ2v) is 0.723. The fourth-order valence-corrected chi connectivity index (χ4v) is 0. The van der Waals surface area contributed by atoms with Gasteiger partial charge in [0.15, 0.2) is 0 Å². The van der Waals surface area contributed by atoms with Gasteiger partial charge in [0.1, 0.15) is 11.9 Å². The van der Waals surface area contributed by atoms with Crippen molar-refractivity contribution in [1.29, 1.82) is 0 Å². The van der Waals surface area contributed by atoms with Gasteiger partial charge in [0.2, 0.25) is 0 Å². The zero-order chi connectivity index (χ0) is 4.28. The molecule has 4 heteroatoms. The van der Waals surface area contributed by atoms with Crippen LogP contribution in [0.5, 0.6) is 0 Å². The van der Waals surface area contributed by atoms with Crippen LogP contribution in [0.15, 0.2) is 0 Å². The Morgan fingerprint density at radius 2 is 2.00 bits per heavy atom. The zero-order valence-electron chi connectivity index (χ0n) is 3.19. The molecule has 0 heterocycles. The van der Waals surface area contributed by atoms with E-state index in [1.54, 1.807) is 0 Å². The molecule has 0 aliphatic rings. The van der Waals surface area contributed by atoms with Crippen molar-refractivity contribution in [3.63, 3.8) is 0 Å². The molecule has 0 fully saturated rings. The van der Waals surface area contributed by atoms with Crippen molar-refractivity contribution in [1.82, 2.24) is 0 Å². The molecule has 0 saturated carbocycles. The molecule has 0 amide bonds. The molecule has 0 aromatic heterocycles. The SMILES string of the molecule is CC(=O)OCl.[Zr]. The molecular weight excluding hydrogens is 183 g/mol. The van der Waals surface area contributed by atoms with Crippen LogP contribution in [0.3, 0.4) is 0 Å². The Kier molecular flexibility index (Phi) is 9.23. The molecule has 2 nitrogen and oxygen atoms in total. The minimum atomic E-state index is -0.480. The van der Waals surface area contributed by atoms with Gasteiger partial charge in [0, 0.05) is 33.1 Å². The molecular formula is C2H3ClO2Zr. The van der Waals surface area contributed by atoms with Crippen LogP contribution in [0.4, 0.5) is 0 Å². The van der Waals surface area contributed by atoms with Gasteiger partial charge in [-0.25, -0.2) is 0 Å². The molecule has 0 aliphatic heterocycles. The molecule has 0 spiro atoms. The first kappa shape index (κ1) is 9.81. The molecule has 34 valence electrons. The average molecular weight is 186 g/mol. The van der Waals surface area contributed by atoms with E-state index in [9.17, 15) is 4.79 Å². The van der Waals surface area contributed by atoms with Crippen molar-refractivity contribution in [2.45, 2.75) is 6.92 Å². The van der Waals surface area contributed by atoms with Crippen LogP contribution in [-0.4, -0.2) is 5.97 Å². The number of rotatable bonds is 0. The third-order valence-corrected chi connectivity index (χ3v) is 0.326. The van der Waals surface area contributed by atoms with E-state index in [-0.39, 0.29) is 26.2 Å². The average Bonchev–Trinajstić information content (AvgIpc) is 1.38. The quantitative estimate of drug-likeness (QED) is 0.556. The summed E-state index contributed by atoms with van der Waals surface area (Å²) >= 11 is 4.49. The molecule has 0 radical (unpaired) electrons.